The Morgan fingerprint density at radius 2 is 1.84 bits per heavy atom. The Bertz CT molecular complexity index is 332. The molecule has 6 nitrogen and oxygen atoms in total. The third kappa shape index (κ3) is 13.1. The Labute approximate surface area is 132 Å². The fourth-order valence-corrected chi connectivity index (χ4v) is 1.02. The lowest BCUT2D eigenvalue weighted by atomic mass is 10.2. The van der Waals surface area contributed by atoms with Crippen LogP contribution in [0.3, 0.4) is 0 Å². The third-order valence-corrected chi connectivity index (χ3v) is 1.67. The van der Waals surface area contributed by atoms with Crippen molar-refractivity contribution in [2.45, 2.75) is 26.4 Å². The lowest BCUT2D eigenvalue weighted by Gasteiger charge is -2.19. The predicted octanol–water partition coefficient (Wildman–Crippen LogP) is 0.927. The van der Waals surface area contributed by atoms with E-state index in [1.165, 1.54) is 0 Å². The number of terminal acetylenes is 1. The second-order valence-electron chi connectivity index (χ2n) is 4.49. The van der Waals surface area contributed by atoms with Crippen LogP contribution in [-0.4, -0.2) is 44.3 Å². The second kappa shape index (κ2) is 10.7. The quantitative estimate of drug-likeness (QED) is 0.222. The average Bonchev–Trinajstić information content (AvgIpc) is 2.26. The minimum Gasteiger partial charge on any atom is -0.444 e. The summed E-state index contributed by atoms with van der Waals surface area (Å²) in [4.78, 5) is 15.3. The second-order valence-corrected chi connectivity index (χ2v) is 4.49. The molecule has 0 spiro atoms. The number of alkyl carbamates (subject to hydrolysis) is 1. The van der Waals surface area contributed by atoms with Gasteiger partial charge < -0.3 is 20.7 Å². The first-order valence-electron chi connectivity index (χ1n) is 5.74. The number of rotatable bonds is 4. The smallest absolute Gasteiger partial charge is 0.407 e. The van der Waals surface area contributed by atoms with E-state index in [1.54, 1.807) is 7.05 Å². The van der Waals surface area contributed by atoms with E-state index < -0.39 is 11.7 Å². The molecule has 0 aliphatic heterocycles. The minimum atomic E-state index is -0.484. The van der Waals surface area contributed by atoms with Gasteiger partial charge in [-0.05, 0) is 20.8 Å². The Morgan fingerprint density at radius 3 is 2.32 bits per heavy atom. The standard InChI is InChI=1S/C12H22N4O2.HI/c1-6-7-14-10(13-5)15-8-9-16-11(17)18-12(2,3)4;/h1H,7-9H2,2-5H3,(H,16,17)(H2,13,14,15);1H. The van der Waals surface area contributed by atoms with Gasteiger partial charge >= 0.3 is 6.09 Å². The molecule has 0 bridgehead atoms. The summed E-state index contributed by atoms with van der Waals surface area (Å²) in [6, 6.07) is 0. The van der Waals surface area contributed by atoms with E-state index >= 15 is 0 Å². The van der Waals surface area contributed by atoms with Crippen LogP contribution in [0, 0.1) is 12.3 Å². The molecule has 3 N–H and O–H groups in total. The molecule has 0 rings (SSSR count). The van der Waals surface area contributed by atoms with Crippen LogP contribution in [0.5, 0.6) is 0 Å². The Morgan fingerprint density at radius 1 is 1.26 bits per heavy atom. The van der Waals surface area contributed by atoms with Crippen molar-refractivity contribution in [2.75, 3.05) is 26.7 Å². The highest BCUT2D eigenvalue weighted by atomic mass is 127. The summed E-state index contributed by atoms with van der Waals surface area (Å²) in [5.41, 5.74) is -0.484. The molecule has 0 radical (unpaired) electrons. The summed E-state index contributed by atoms with van der Waals surface area (Å²) in [6.45, 7) is 6.82. The zero-order valence-electron chi connectivity index (χ0n) is 11.9. The molecule has 0 atom stereocenters. The van der Waals surface area contributed by atoms with Crippen LogP contribution in [0.4, 0.5) is 4.79 Å². The number of carbonyl (C=O) groups is 1. The highest BCUT2D eigenvalue weighted by Crippen LogP contribution is 2.05. The molecule has 110 valence electrons. The number of halogens is 1. The number of nitrogens with one attached hydrogen (secondary N) is 3. The summed E-state index contributed by atoms with van der Waals surface area (Å²) in [6.07, 6.45) is 4.68. The van der Waals surface area contributed by atoms with Crippen molar-refractivity contribution in [2.24, 2.45) is 4.99 Å². The van der Waals surface area contributed by atoms with E-state index in [-0.39, 0.29) is 24.0 Å². The summed E-state index contributed by atoms with van der Waals surface area (Å²) in [7, 11) is 1.65. The molecule has 0 aromatic carbocycles. The van der Waals surface area contributed by atoms with Gasteiger partial charge in [-0.1, -0.05) is 5.92 Å². The van der Waals surface area contributed by atoms with Gasteiger partial charge in [-0.3, -0.25) is 4.99 Å². The van der Waals surface area contributed by atoms with Gasteiger partial charge in [0, 0.05) is 20.1 Å². The van der Waals surface area contributed by atoms with Crippen LogP contribution in [0.1, 0.15) is 20.8 Å². The first kappa shape index (κ1) is 20.2. The largest absolute Gasteiger partial charge is 0.444 e. The Balaban J connectivity index is 0. The van der Waals surface area contributed by atoms with E-state index in [9.17, 15) is 4.79 Å². The maximum atomic E-state index is 11.3. The van der Waals surface area contributed by atoms with Crippen LogP contribution < -0.4 is 16.0 Å². The molecule has 0 aliphatic carbocycles. The number of guanidine groups is 1. The highest BCUT2D eigenvalue weighted by Gasteiger charge is 2.15. The van der Waals surface area contributed by atoms with Crippen molar-refractivity contribution in [3.63, 3.8) is 0 Å². The lowest BCUT2D eigenvalue weighted by molar-refractivity contribution is 0.0529. The molecule has 7 heteroatoms. The number of hydrogen-bond donors (Lipinski definition) is 3. The third-order valence-electron chi connectivity index (χ3n) is 1.67. The summed E-state index contributed by atoms with van der Waals surface area (Å²) in [5, 5.41) is 8.53. The average molecular weight is 382 g/mol. The molecule has 0 aliphatic rings. The van der Waals surface area contributed by atoms with Gasteiger partial charge in [0.25, 0.3) is 0 Å². The molecule has 0 fully saturated rings. The van der Waals surface area contributed by atoms with Crippen LogP contribution in [0.2, 0.25) is 0 Å². The molecular weight excluding hydrogens is 359 g/mol. The fraction of sp³-hybridized carbons (Fsp3) is 0.667. The molecule has 19 heavy (non-hydrogen) atoms. The Hall–Kier alpha value is -1.17. The van der Waals surface area contributed by atoms with Gasteiger partial charge in [0.15, 0.2) is 5.96 Å². The van der Waals surface area contributed by atoms with Crippen LogP contribution in [0.25, 0.3) is 0 Å². The SMILES string of the molecule is C#CCNC(=NC)NCCNC(=O)OC(C)(C)C.I. The van der Waals surface area contributed by atoms with Crippen molar-refractivity contribution < 1.29 is 9.53 Å². The highest BCUT2D eigenvalue weighted by molar-refractivity contribution is 14.0. The van der Waals surface area contributed by atoms with E-state index in [0.29, 0.717) is 25.6 Å². The fourth-order valence-electron chi connectivity index (χ4n) is 1.02. The van der Waals surface area contributed by atoms with E-state index in [4.69, 9.17) is 11.2 Å². The molecule has 1 amide bonds. The first-order chi connectivity index (χ1) is 8.39. The number of nitrogens with zero attached hydrogens (tertiary/aromatic N) is 1. The zero-order valence-corrected chi connectivity index (χ0v) is 14.2. The molecule has 0 unspecified atom stereocenters. The molecular formula is C12H23IN4O2. The van der Waals surface area contributed by atoms with E-state index in [0.717, 1.165) is 0 Å². The molecule has 0 aromatic rings. The topological polar surface area (TPSA) is 74.8 Å². The van der Waals surface area contributed by atoms with Crippen molar-refractivity contribution in [3.8, 4) is 12.3 Å². The number of ether oxygens (including phenoxy) is 1. The van der Waals surface area contributed by atoms with Crippen molar-refractivity contribution >= 4 is 36.0 Å². The lowest BCUT2D eigenvalue weighted by Crippen LogP contribution is -2.42. The molecule has 0 saturated heterocycles. The van der Waals surface area contributed by atoms with Gasteiger partial charge in [0.2, 0.25) is 0 Å². The van der Waals surface area contributed by atoms with Crippen molar-refractivity contribution in [1.82, 2.24) is 16.0 Å². The van der Waals surface area contributed by atoms with Gasteiger partial charge in [0.1, 0.15) is 5.60 Å². The van der Waals surface area contributed by atoms with E-state index in [1.807, 2.05) is 20.8 Å². The van der Waals surface area contributed by atoms with Gasteiger partial charge in [-0.15, -0.1) is 30.4 Å². The molecule has 0 saturated carbocycles. The van der Waals surface area contributed by atoms with Gasteiger partial charge in [-0.2, -0.15) is 0 Å². The van der Waals surface area contributed by atoms with Gasteiger partial charge in [-0.25, -0.2) is 4.79 Å². The number of carbonyl (C=O) groups excluding carboxylic acids is 1. The Kier molecular flexibility index (Phi) is 11.4. The predicted molar refractivity (Wildman–Crippen MR) is 87.8 cm³/mol. The van der Waals surface area contributed by atoms with Crippen molar-refractivity contribution in [1.29, 1.82) is 0 Å². The van der Waals surface area contributed by atoms with Crippen LogP contribution in [-0.2, 0) is 4.74 Å². The molecule has 0 aromatic heterocycles. The zero-order chi connectivity index (χ0) is 14.0. The number of hydrogen-bond acceptors (Lipinski definition) is 3. The van der Waals surface area contributed by atoms with Crippen molar-refractivity contribution in [3.05, 3.63) is 0 Å². The van der Waals surface area contributed by atoms with Gasteiger partial charge in [0.05, 0.1) is 6.54 Å². The minimum absolute atomic E-state index is 0. The summed E-state index contributed by atoms with van der Waals surface area (Å²) >= 11 is 0. The van der Waals surface area contributed by atoms with Crippen LogP contribution >= 0.6 is 24.0 Å². The number of aliphatic imine (C=N–C) groups is 1. The summed E-state index contributed by atoms with van der Waals surface area (Å²) in [5.74, 6) is 3.04. The maximum absolute atomic E-state index is 11.3. The van der Waals surface area contributed by atoms with Crippen LogP contribution in [0.15, 0.2) is 4.99 Å². The van der Waals surface area contributed by atoms with E-state index in [2.05, 4.69) is 26.9 Å². The normalized spacial score (nSPS) is 10.8. The first-order valence-corrected chi connectivity index (χ1v) is 5.74. The summed E-state index contributed by atoms with van der Waals surface area (Å²) < 4.78 is 5.09. The monoisotopic (exact) mass is 382 g/mol. The number of amides is 1. The maximum Gasteiger partial charge on any atom is 0.407 e. The molecule has 0 heterocycles.